The Morgan fingerprint density at radius 1 is 1.21 bits per heavy atom. The van der Waals surface area contributed by atoms with E-state index in [0.717, 1.165) is 12.2 Å². The molecule has 1 heterocycles. The van der Waals surface area contributed by atoms with Crippen molar-refractivity contribution in [3.63, 3.8) is 0 Å². The average Bonchev–Trinajstić information content (AvgIpc) is 2.44. The van der Waals surface area contributed by atoms with E-state index in [1.807, 2.05) is 0 Å². The largest absolute Gasteiger partial charge is 0.465 e. The first-order chi connectivity index (χ1) is 11.1. The molecule has 0 fully saturated rings. The third-order valence-corrected chi connectivity index (χ3v) is 5.30. The van der Waals surface area contributed by atoms with E-state index < -0.39 is 0 Å². The van der Waals surface area contributed by atoms with Gasteiger partial charge in [0.05, 0.1) is 6.26 Å². The SMILES string of the molecule is CC1=C(C(C)(C)C)/C(=C/C=C/CC2=C(C)CCCC2(C)C)OC=C1. The Labute approximate surface area is 148 Å². The van der Waals surface area contributed by atoms with Gasteiger partial charge in [0.15, 0.2) is 0 Å². The van der Waals surface area contributed by atoms with Crippen LogP contribution in [0.15, 0.2) is 58.6 Å². The highest BCUT2D eigenvalue weighted by Gasteiger charge is 2.27. The van der Waals surface area contributed by atoms with Gasteiger partial charge in [-0.05, 0) is 68.1 Å². The van der Waals surface area contributed by atoms with Gasteiger partial charge in [-0.3, -0.25) is 0 Å². The van der Waals surface area contributed by atoms with Crippen molar-refractivity contribution >= 4 is 0 Å². The van der Waals surface area contributed by atoms with Gasteiger partial charge in [0.2, 0.25) is 0 Å². The smallest absolute Gasteiger partial charge is 0.130 e. The number of hydrogen-bond acceptors (Lipinski definition) is 1. The van der Waals surface area contributed by atoms with Crippen molar-refractivity contribution in [3.8, 4) is 0 Å². The lowest BCUT2D eigenvalue weighted by molar-refractivity contribution is 0.325. The van der Waals surface area contributed by atoms with Crippen LogP contribution in [-0.2, 0) is 4.74 Å². The molecule has 132 valence electrons. The fraction of sp³-hybridized carbons (Fsp3) is 0.565. The number of rotatable bonds is 3. The highest BCUT2D eigenvalue weighted by molar-refractivity contribution is 5.43. The van der Waals surface area contributed by atoms with Crippen LogP contribution >= 0.6 is 0 Å². The summed E-state index contributed by atoms with van der Waals surface area (Å²) in [6.07, 6.45) is 15.4. The molecule has 1 heteroatoms. The Morgan fingerprint density at radius 3 is 2.54 bits per heavy atom. The zero-order valence-electron chi connectivity index (χ0n) is 16.6. The summed E-state index contributed by atoms with van der Waals surface area (Å²) in [7, 11) is 0. The first-order valence-electron chi connectivity index (χ1n) is 9.24. The van der Waals surface area contributed by atoms with Gasteiger partial charge in [0, 0.05) is 5.57 Å². The molecule has 2 aliphatic rings. The summed E-state index contributed by atoms with van der Waals surface area (Å²) in [4.78, 5) is 0. The van der Waals surface area contributed by atoms with E-state index in [1.54, 1.807) is 17.4 Å². The first kappa shape index (κ1) is 18.8. The van der Waals surface area contributed by atoms with Gasteiger partial charge in [-0.1, -0.05) is 57.9 Å². The first-order valence-corrected chi connectivity index (χ1v) is 9.24. The van der Waals surface area contributed by atoms with Crippen LogP contribution in [0.5, 0.6) is 0 Å². The zero-order chi connectivity index (χ0) is 18.0. The van der Waals surface area contributed by atoms with E-state index in [4.69, 9.17) is 4.74 Å². The van der Waals surface area contributed by atoms with Crippen molar-refractivity contribution in [3.05, 3.63) is 58.6 Å². The van der Waals surface area contributed by atoms with Crippen molar-refractivity contribution in [1.82, 2.24) is 0 Å². The Hall–Kier alpha value is -1.50. The van der Waals surface area contributed by atoms with Crippen LogP contribution < -0.4 is 0 Å². The summed E-state index contributed by atoms with van der Waals surface area (Å²) >= 11 is 0. The van der Waals surface area contributed by atoms with Gasteiger partial charge in [-0.2, -0.15) is 0 Å². The molecule has 1 nitrogen and oxygen atoms in total. The molecule has 0 atom stereocenters. The molecule has 0 aromatic carbocycles. The van der Waals surface area contributed by atoms with E-state index in [-0.39, 0.29) is 5.41 Å². The minimum Gasteiger partial charge on any atom is -0.465 e. The second-order valence-electron chi connectivity index (χ2n) is 8.89. The number of ether oxygens (including phenoxy) is 1. The molecule has 1 aliphatic heterocycles. The van der Waals surface area contributed by atoms with Crippen LogP contribution in [0.2, 0.25) is 0 Å². The van der Waals surface area contributed by atoms with Gasteiger partial charge in [0.1, 0.15) is 5.76 Å². The van der Waals surface area contributed by atoms with E-state index in [1.165, 1.54) is 30.4 Å². The number of allylic oxidation sites excluding steroid dienone is 8. The van der Waals surface area contributed by atoms with Crippen LogP contribution in [0.1, 0.15) is 74.1 Å². The monoisotopic (exact) mass is 326 g/mol. The van der Waals surface area contributed by atoms with E-state index in [0.29, 0.717) is 5.41 Å². The molecule has 0 amide bonds. The molecular formula is C23H34O. The van der Waals surface area contributed by atoms with Crippen molar-refractivity contribution in [1.29, 1.82) is 0 Å². The Balaban J connectivity index is 2.16. The lowest BCUT2D eigenvalue weighted by atomic mass is 9.71. The third-order valence-electron chi connectivity index (χ3n) is 5.30. The van der Waals surface area contributed by atoms with Crippen LogP contribution in [-0.4, -0.2) is 0 Å². The zero-order valence-corrected chi connectivity index (χ0v) is 16.6. The lowest BCUT2D eigenvalue weighted by Gasteiger charge is -2.34. The molecule has 0 saturated heterocycles. The maximum atomic E-state index is 5.80. The second kappa shape index (κ2) is 7.17. The Morgan fingerprint density at radius 2 is 1.92 bits per heavy atom. The minimum absolute atomic E-state index is 0.0823. The Bertz CT molecular complexity index is 627. The maximum Gasteiger partial charge on any atom is 0.130 e. The molecule has 0 spiro atoms. The fourth-order valence-electron chi connectivity index (χ4n) is 4.10. The predicted molar refractivity (Wildman–Crippen MR) is 105 cm³/mol. The highest BCUT2D eigenvalue weighted by Crippen LogP contribution is 2.42. The number of hydrogen-bond donors (Lipinski definition) is 0. The summed E-state index contributed by atoms with van der Waals surface area (Å²) in [5, 5.41) is 0. The fourth-order valence-corrected chi connectivity index (χ4v) is 4.10. The molecular weight excluding hydrogens is 292 g/mol. The van der Waals surface area contributed by atoms with E-state index in [9.17, 15) is 0 Å². The van der Waals surface area contributed by atoms with Crippen molar-refractivity contribution < 1.29 is 4.74 Å². The van der Waals surface area contributed by atoms with Crippen molar-refractivity contribution in [2.75, 3.05) is 0 Å². The summed E-state index contributed by atoms with van der Waals surface area (Å²) < 4.78 is 5.80. The van der Waals surface area contributed by atoms with Gasteiger partial charge < -0.3 is 4.74 Å². The van der Waals surface area contributed by atoms with Gasteiger partial charge >= 0.3 is 0 Å². The molecule has 1 aliphatic carbocycles. The minimum atomic E-state index is 0.0823. The normalized spacial score (nSPS) is 23.4. The molecule has 0 radical (unpaired) electrons. The summed E-state index contributed by atoms with van der Waals surface area (Å²) in [5.74, 6) is 0.979. The molecule has 0 bridgehead atoms. The molecule has 0 aromatic rings. The molecule has 2 rings (SSSR count). The van der Waals surface area contributed by atoms with Crippen LogP contribution in [0.25, 0.3) is 0 Å². The van der Waals surface area contributed by atoms with Crippen LogP contribution in [0, 0.1) is 10.8 Å². The van der Waals surface area contributed by atoms with Crippen LogP contribution in [0.4, 0.5) is 0 Å². The molecule has 0 unspecified atom stereocenters. The van der Waals surface area contributed by atoms with E-state index >= 15 is 0 Å². The van der Waals surface area contributed by atoms with E-state index in [2.05, 4.69) is 72.8 Å². The van der Waals surface area contributed by atoms with Crippen LogP contribution in [0.3, 0.4) is 0 Å². The Kier molecular flexibility index (Phi) is 5.63. The lowest BCUT2D eigenvalue weighted by Crippen LogP contribution is -2.19. The second-order valence-corrected chi connectivity index (χ2v) is 8.89. The third kappa shape index (κ3) is 4.32. The molecule has 0 saturated carbocycles. The standard InChI is InChI=1S/C23H34O/c1-17-11-10-15-23(6,7)19(17)12-8-9-13-20-21(22(3,4)5)18(2)14-16-24-20/h8-9,13-14,16H,10-12,15H2,1-7H3/b9-8+,20-13-. The maximum absolute atomic E-state index is 5.80. The summed E-state index contributed by atoms with van der Waals surface area (Å²) in [5.41, 5.74) is 6.22. The molecule has 0 aromatic heterocycles. The molecule has 24 heavy (non-hydrogen) atoms. The van der Waals surface area contributed by atoms with Gasteiger partial charge in [-0.15, -0.1) is 0 Å². The molecule has 0 N–H and O–H groups in total. The quantitative estimate of drug-likeness (QED) is 0.496. The highest BCUT2D eigenvalue weighted by atomic mass is 16.5. The summed E-state index contributed by atoms with van der Waals surface area (Å²) in [6, 6.07) is 0. The van der Waals surface area contributed by atoms with Crippen molar-refractivity contribution in [2.45, 2.75) is 74.1 Å². The summed E-state index contributed by atoms with van der Waals surface area (Å²) in [6.45, 7) is 16.0. The van der Waals surface area contributed by atoms with Crippen molar-refractivity contribution in [2.24, 2.45) is 10.8 Å². The van der Waals surface area contributed by atoms with Gasteiger partial charge in [0.25, 0.3) is 0 Å². The average molecular weight is 327 g/mol. The van der Waals surface area contributed by atoms with Gasteiger partial charge in [-0.25, -0.2) is 0 Å². The topological polar surface area (TPSA) is 9.23 Å². The predicted octanol–water partition coefficient (Wildman–Crippen LogP) is 7.25.